The molecule has 0 bridgehead atoms. The standard InChI is InChI=1S/C16H16FNO/c17-13-5-1-3-11(9-13)10-15(19)14-6-2-4-12-7-8-18-16(12)14/h1-6,9,15,18-19H,7-8,10H2. The van der Waals surface area contributed by atoms with Crippen LogP contribution in [0.15, 0.2) is 42.5 Å². The lowest BCUT2D eigenvalue weighted by Crippen LogP contribution is -2.05. The molecule has 2 aromatic rings. The summed E-state index contributed by atoms with van der Waals surface area (Å²) in [4.78, 5) is 0. The summed E-state index contributed by atoms with van der Waals surface area (Å²) in [5.41, 5.74) is 4.00. The van der Waals surface area contributed by atoms with Gasteiger partial charge in [-0.1, -0.05) is 30.3 Å². The average molecular weight is 257 g/mol. The van der Waals surface area contributed by atoms with Crippen molar-refractivity contribution >= 4 is 5.69 Å². The molecular weight excluding hydrogens is 241 g/mol. The van der Waals surface area contributed by atoms with Crippen molar-refractivity contribution < 1.29 is 9.50 Å². The summed E-state index contributed by atoms with van der Waals surface area (Å²) >= 11 is 0. The van der Waals surface area contributed by atoms with Crippen LogP contribution in [0.5, 0.6) is 0 Å². The Morgan fingerprint density at radius 2 is 2.05 bits per heavy atom. The van der Waals surface area contributed by atoms with Crippen molar-refractivity contribution in [2.45, 2.75) is 18.9 Å². The number of hydrogen-bond donors (Lipinski definition) is 2. The summed E-state index contributed by atoms with van der Waals surface area (Å²) in [5, 5.41) is 13.7. The molecule has 98 valence electrons. The van der Waals surface area contributed by atoms with Gasteiger partial charge in [0, 0.05) is 24.2 Å². The molecule has 0 radical (unpaired) electrons. The zero-order valence-corrected chi connectivity index (χ0v) is 10.6. The van der Waals surface area contributed by atoms with Crippen LogP contribution in [-0.4, -0.2) is 11.7 Å². The lowest BCUT2D eigenvalue weighted by atomic mass is 9.98. The number of para-hydroxylation sites is 1. The zero-order valence-electron chi connectivity index (χ0n) is 10.6. The fourth-order valence-electron chi connectivity index (χ4n) is 2.64. The zero-order chi connectivity index (χ0) is 13.2. The van der Waals surface area contributed by atoms with Crippen LogP contribution in [0.2, 0.25) is 0 Å². The second-order valence-corrected chi connectivity index (χ2v) is 4.91. The van der Waals surface area contributed by atoms with E-state index in [1.807, 2.05) is 18.2 Å². The molecular formula is C16H16FNO. The van der Waals surface area contributed by atoms with Gasteiger partial charge in [0.2, 0.25) is 0 Å². The molecule has 2 N–H and O–H groups in total. The Balaban J connectivity index is 1.85. The molecule has 0 amide bonds. The lowest BCUT2D eigenvalue weighted by molar-refractivity contribution is 0.179. The van der Waals surface area contributed by atoms with Gasteiger partial charge in [-0.25, -0.2) is 4.39 Å². The third-order valence-corrected chi connectivity index (χ3v) is 3.56. The maximum Gasteiger partial charge on any atom is 0.123 e. The van der Waals surface area contributed by atoms with E-state index in [0.717, 1.165) is 29.8 Å². The lowest BCUT2D eigenvalue weighted by Gasteiger charge is -2.15. The van der Waals surface area contributed by atoms with Gasteiger partial charge in [-0.2, -0.15) is 0 Å². The maximum atomic E-state index is 13.1. The molecule has 1 unspecified atom stereocenters. The van der Waals surface area contributed by atoms with Crippen LogP contribution in [0.1, 0.15) is 22.8 Å². The third-order valence-electron chi connectivity index (χ3n) is 3.56. The van der Waals surface area contributed by atoms with E-state index in [9.17, 15) is 9.50 Å². The van der Waals surface area contributed by atoms with Crippen LogP contribution < -0.4 is 5.32 Å². The molecule has 3 rings (SSSR count). The van der Waals surface area contributed by atoms with Crippen molar-refractivity contribution in [3.63, 3.8) is 0 Å². The average Bonchev–Trinajstić information content (AvgIpc) is 2.86. The normalized spacial score (nSPS) is 14.8. The number of aliphatic hydroxyl groups excluding tert-OH is 1. The highest BCUT2D eigenvalue weighted by molar-refractivity contribution is 5.62. The largest absolute Gasteiger partial charge is 0.388 e. The SMILES string of the molecule is OC(Cc1cccc(F)c1)c1cccc2c1NCC2. The van der Waals surface area contributed by atoms with Crippen LogP contribution in [0.4, 0.5) is 10.1 Å². The molecule has 0 aromatic heterocycles. The molecule has 2 aromatic carbocycles. The first kappa shape index (κ1) is 12.2. The predicted molar refractivity (Wildman–Crippen MR) is 73.7 cm³/mol. The summed E-state index contributed by atoms with van der Waals surface area (Å²) in [7, 11) is 0. The van der Waals surface area contributed by atoms with Crippen LogP contribution >= 0.6 is 0 Å². The number of rotatable bonds is 3. The monoisotopic (exact) mass is 257 g/mol. The Labute approximate surface area is 111 Å². The van der Waals surface area contributed by atoms with E-state index in [4.69, 9.17) is 0 Å². The minimum absolute atomic E-state index is 0.263. The Kier molecular flexibility index (Phi) is 3.22. The number of nitrogens with one attached hydrogen (secondary N) is 1. The van der Waals surface area contributed by atoms with E-state index < -0.39 is 6.10 Å². The molecule has 3 heteroatoms. The van der Waals surface area contributed by atoms with E-state index in [0.29, 0.717) is 6.42 Å². The van der Waals surface area contributed by atoms with E-state index in [1.54, 1.807) is 6.07 Å². The summed E-state index contributed by atoms with van der Waals surface area (Å²) in [6, 6.07) is 12.4. The number of benzene rings is 2. The van der Waals surface area contributed by atoms with E-state index in [-0.39, 0.29) is 5.82 Å². The van der Waals surface area contributed by atoms with Gasteiger partial charge >= 0.3 is 0 Å². The van der Waals surface area contributed by atoms with Crippen molar-refractivity contribution in [1.29, 1.82) is 0 Å². The number of hydrogen-bond acceptors (Lipinski definition) is 2. The van der Waals surface area contributed by atoms with Crippen molar-refractivity contribution in [3.05, 3.63) is 65.0 Å². The molecule has 1 heterocycles. The summed E-state index contributed by atoms with van der Waals surface area (Å²) in [5.74, 6) is -0.263. The Morgan fingerprint density at radius 1 is 1.21 bits per heavy atom. The van der Waals surface area contributed by atoms with Gasteiger partial charge in [-0.3, -0.25) is 0 Å². The van der Waals surface area contributed by atoms with Crippen LogP contribution in [0.25, 0.3) is 0 Å². The quantitative estimate of drug-likeness (QED) is 0.885. The van der Waals surface area contributed by atoms with Crippen molar-refractivity contribution in [1.82, 2.24) is 0 Å². The molecule has 1 aliphatic rings. The van der Waals surface area contributed by atoms with Gasteiger partial charge in [0.1, 0.15) is 5.82 Å². The van der Waals surface area contributed by atoms with E-state index in [2.05, 4.69) is 11.4 Å². The third kappa shape index (κ3) is 2.47. The second-order valence-electron chi connectivity index (χ2n) is 4.91. The first-order valence-corrected chi connectivity index (χ1v) is 6.52. The van der Waals surface area contributed by atoms with Gasteiger partial charge in [0.25, 0.3) is 0 Å². The van der Waals surface area contributed by atoms with Crippen molar-refractivity contribution in [3.8, 4) is 0 Å². The van der Waals surface area contributed by atoms with Gasteiger partial charge in [0.15, 0.2) is 0 Å². The Morgan fingerprint density at radius 3 is 2.89 bits per heavy atom. The highest BCUT2D eigenvalue weighted by atomic mass is 19.1. The first-order chi connectivity index (χ1) is 9.24. The Bertz CT molecular complexity index is 597. The fourth-order valence-corrected chi connectivity index (χ4v) is 2.64. The topological polar surface area (TPSA) is 32.3 Å². The minimum Gasteiger partial charge on any atom is -0.388 e. The number of aliphatic hydroxyl groups is 1. The molecule has 2 nitrogen and oxygen atoms in total. The minimum atomic E-state index is -0.609. The number of fused-ring (bicyclic) bond motifs is 1. The van der Waals surface area contributed by atoms with Crippen molar-refractivity contribution in [2.75, 3.05) is 11.9 Å². The molecule has 1 atom stereocenters. The van der Waals surface area contributed by atoms with Gasteiger partial charge in [0.05, 0.1) is 6.10 Å². The molecule has 1 aliphatic heterocycles. The Hall–Kier alpha value is -1.87. The van der Waals surface area contributed by atoms with E-state index >= 15 is 0 Å². The number of anilines is 1. The predicted octanol–water partition coefficient (Wildman–Crippen LogP) is 3.07. The molecule has 0 spiro atoms. The number of halogens is 1. The van der Waals surface area contributed by atoms with Gasteiger partial charge in [-0.05, 0) is 29.7 Å². The fraction of sp³-hybridized carbons (Fsp3) is 0.250. The van der Waals surface area contributed by atoms with E-state index in [1.165, 1.54) is 17.7 Å². The first-order valence-electron chi connectivity index (χ1n) is 6.52. The summed E-state index contributed by atoms with van der Waals surface area (Å²) in [6.45, 7) is 0.916. The van der Waals surface area contributed by atoms with Crippen LogP contribution in [0.3, 0.4) is 0 Å². The van der Waals surface area contributed by atoms with Crippen molar-refractivity contribution in [2.24, 2.45) is 0 Å². The molecule has 19 heavy (non-hydrogen) atoms. The summed E-state index contributed by atoms with van der Waals surface area (Å²) in [6.07, 6.45) is 0.813. The van der Waals surface area contributed by atoms with Crippen LogP contribution in [0, 0.1) is 5.82 Å². The smallest absolute Gasteiger partial charge is 0.123 e. The highest BCUT2D eigenvalue weighted by Crippen LogP contribution is 2.32. The van der Waals surface area contributed by atoms with Gasteiger partial charge in [-0.15, -0.1) is 0 Å². The van der Waals surface area contributed by atoms with Crippen LogP contribution in [-0.2, 0) is 12.8 Å². The summed E-state index contributed by atoms with van der Waals surface area (Å²) < 4.78 is 13.1. The molecule has 0 aliphatic carbocycles. The molecule has 0 saturated carbocycles. The second kappa shape index (κ2) is 5.02. The molecule has 0 saturated heterocycles. The van der Waals surface area contributed by atoms with Gasteiger partial charge < -0.3 is 10.4 Å². The molecule has 0 fully saturated rings. The highest BCUT2D eigenvalue weighted by Gasteiger charge is 2.19. The maximum absolute atomic E-state index is 13.1.